The molecule has 0 spiro atoms. The Morgan fingerprint density at radius 1 is 1.19 bits per heavy atom. The molecule has 0 unspecified atom stereocenters. The summed E-state index contributed by atoms with van der Waals surface area (Å²) in [5, 5.41) is 0. The molecular weight excluding hydrogens is 300 g/mol. The zero-order chi connectivity index (χ0) is 14.6. The largest absolute Gasteiger partial charge is 0.586 e. The molecule has 0 bridgehead atoms. The van der Waals surface area contributed by atoms with Crippen molar-refractivity contribution in [2.24, 2.45) is 0 Å². The van der Waals surface area contributed by atoms with Gasteiger partial charge in [0, 0.05) is 12.3 Å². The van der Waals surface area contributed by atoms with Gasteiger partial charge in [0.25, 0.3) is 0 Å². The van der Waals surface area contributed by atoms with Crippen LogP contribution in [0.5, 0.6) is 11.5 Å². The van der Waals surface area contributed by atoms with E-state index in [1.54, 1.807) is 22.9 Å². The Hall–Kier alpha value is -2.48. The summed E-state index contributed by atoms with van der Waals surface area (Å²) in [6.45, 7) is 0. The summed E-state index contributed by atoms with van der Waals surface area (Å²) < 4.78 is 37.0. The van der Waals surface area contributed by atoms with Gasteiger partial charge in [0.15, 0.2) is 21.9 Å². The Balaban J connectivity index is 1.92. The summed E-state index contributed by atoms with van der Waals surface area (Å²) in [5.74, 6) is -0.0484. The smallest absolute Gasteiger partial charge is 0.395 e. The van der Waals surface area contributed by atoms with E-state index in [1.165, 1.54) is 12.1 Å². The first kappa shape index (κ1) is 12.3. The number of hydrogen-bond donors (Lipinski definition) is 1. The number of hydrogen-bond acceptors (Lipinski definition) is 4. The molecule has 0 amide bonds. The van der Waals surface area contributed by atoms with Gasteiger partial charge in [0.05, 0.1) is 11.2 Å². The highest BCUT2D eigenvalue weighted by atomic mass is 32.1. The van der Waals surface area contributed by atoms with Crippen LogP contribution < -0.4 is 9.47 Å². The van der Waals surface area contributed by atoms with E-state index in [0.29, 0.717) is 16.1 Å². The molecule has 0 radical (unpaired) electrons. The van der Waals surface area contributed by atoms with Crippen LogP contribution in [-0.2, 0) is 0 Å². The third-order valence-electron chi connectivity index (χ3n) is 3.09. The number of rotatable bonds is 1. The molecule has 3 aromatic rings. The lowest BCUT2D eigenvalue weighted by atomic mass is 10.2. The normalized spacial score (nSPS) is 15.5. The van der Waals surface area contributed by atoms with E-state index in [9.17, 15) is 8.78 Å². The molecule has 3 heterocycles. The average molecular weight is 307 g/mol. The highest BCUT2D eigenvalue weighted by Crippen LogP contribution is 2.42. The number of halogens is 2. The number of aromatic nitrogens is 3. The quantitative estimate of drug-likeness (QED) is 0.700. The van der Waals surface area contributed by atoms with Gasteiger partial charge in [-0.3, -0.25) is 4.57 Å². The number of ether oxygens (including phenoxy) is 2. The van der Waals surface area contributed by atoms with Crippen LogP contribution in [0.25, 0.3) is 16.9 Å². The zero-order valence-electron chi connectivity index (χ0n) is 10.3. The number of nitrogens with one attached hydrogen (secondary N) is 1. The summed E-state index contributed by atoms with van der Waals surface area (Å²) in [4.78, 5) is 7.25. The van der Waals surface area contributed by atoms with Crippen molar-refractivity contribution < 1.29 is 18.3 Å². The van der Waals surface area contributed by atoms with Crippen molar-refractivity contribution in [3.05, 3.63) is 41.3 Å². The van der Waals surface area contributed by atoms with E-state index >= 15 is 0 Å². The highest BCUT2D eigenvalue weighted by molar-refractivity contribution is 7.71. The first-order chi connectivity index (χ1) is 10.0. The fraction of sp³-hybridized carbons (Fsp3) is 0.0769. The third kappa shape index (κ3) is 1.87. The minimum atomic E-state index is -3.64. The Labute approximate surface area is 121 Å². The molecule has 0 saturated heterocycles. The fourth-order valence-corrected chi connectivity index (χ4v) is 2.56. The lowest BCUT2D eigenvalue weighted by Crippen LogP contribution is -2.25. The number of alkyl halides is 2. The first-order valence-electron chi connectivity index (χ1n) is 5.99. The molecule has 1 N–H and O–H groups in total. The van der Waals surface area contributed by atoms with E-state index in [4.69, 9.17) is 12.2 Å². The molecule has 0 aliphatic carbocycles. The average Bonchev–Trinajstić information content (AvgIpc) is 2.91. The summed E-state index contributed by atoms with van der Waals surface area (Å²) in [6, 6.07) is 8.07. The van der Waals surface area contributed by atoms with E-state index in [2.05, 4.69) is 19.4 Å². The maximum Gasteiger partial charge on any atom is 0.586 e. The fourth-order valence-electron chi connectivity index (χ4n) is 2.26. The second kappa shape index (κ2) is 4.01. The van der Waals surface area contributed by atoms with Gasteiger partial charge < -0.3 is 14.5 Å². The molecule has 0 atom stereocenters. The van der Waals surface area contributed by atoms with Crippen LogP contribution in [0.3, 0.4) is 0 Å². The lowest BCUT2D eigenvalue weighted by molar-refractivity contribution is -0.286. The predicted octanol–water partition coefficient (Wildman–Crippen LogP) is 3.40. The first-order valence-corrected chi connectivity index (χ1v) is 6.40. The van der Waals surface area contributed by atoms with E-state index in [1.807, 2.05) is 6.07 Å². The number of aromatic amines is 1. The van der Waals surface area contributed by atoms with E-state index in [0.717, 1.165) is 5.52 Å². The van der Waals surface area contributed by atoms with Crippen molar-refractivity contribution in [3.8, 4) is 17.2 Å². The lowest BCUT2D eigenvalue weighted by Gasteiger charge is -2.05. The van der Waals surface area contributed by atoms with Gasteiger partial charge >= 0.3 is 6.29 Å². The van der Waals surface area contributed by atoms with Crippen LogP contribution in [0.15, 0.2) is 36.5 Å². The monoisotopic (exact) mass is 307 g/mol. The van der Waals surface area contributed by atoms with Crippen LogP contribution in [-0.4, -0.2) is 20.8 Å². The summed E-state index contributed by atoms with van der Waals surface area (Å²) >= 11 is 5.26. The van der Waals surface area contributed by atoms with Crippen molar-refractivity contribution in [1.82, 2.24) is 14.5 Å². The molecule has 4 rings (SSSR count). The Morgan fingerprint density at radius 2 is 2.00 bits per heavy atom. The standard InChI is InChI=1S/C13H7F2N3O2S/c14-13(15)19-9-4-3-7(6-10(9)20-13)18-11-8(17-12(18)21)2-1-5-16-11/h1-6H,(H,17,21). The van der Waals surface area contributed by atoms with Crippen molar-refractivity contribution in [1.29, 1.82) is 0 Å². The third-order valence-corrected chi connectivity index (χ3v) is 3.37. The number of pyridine rings is 1. The Morgan fingerprint density at radius 3 is 2.86 bits per heavy atom. The summed E-state index contributed by atoms with van der Waals surface area (Å²) in [6.07, 6.45) is -2.01. The maximum absolute atomic E-state index is 13.1. The van der Waals surface area contributed by atoms with Crippen molar-refractivity contribution in [3.63, 3.8) is 0 Å². The second-order valence-corrected chi connectivity index (χ2v) is 4.83. The topological polar surface area (TPSA) is 52.1 Å². The summed E-state index contributed by atoms with van der Waals surface area (Å²) in [5.41, 5.74) is 1.92. The minimum absolute atomic E-state index is 0.0110. The molecule has 2 aromatic heterocycles. The predicted molar refractivity (Wildman–Crippen MR) is 72.5 cm³/mol. The van der Waals surface area contributed by atoms with Gasteiger partial charge in [-0.25, -0.2) is 4.98 Å². The van der Waals surface area contributed by atoms with Crippen molar-refractivity contribution >= 4 is 23.4 Å². The van der Waals surface area contributed by atoms with Crippen LogP contribution in [0.1, 0.15) is 0 Å². The highest BCUT2D eigenvalue weighted by Gasteiger charge is 2.43. The molecule has 106 valence electrons. The maximum atomic E-state index is 13.1. The molecule has 1 aliphatic rings. The van der Waals surface area contributed by atoms with Gasteiger partial charge in [0.1, 0.15) is 0 Å². The van der Waals surface area contributed by atoms with Crippen LogP contribution in [0.2, 0.25) is 0 Å². The SMILES string of the molecule is FC1(F)Oc2ccc(-n3c(=S)[nH]c4cccnc43)cc2O1. The van der Waals surface area contributed by atoms with Crippen LogP contribution in [0.4, 0.5) is 8.78 Å². The zero-order valence-corrected chi connectivity index (χ0v) is 11.2. The number of H-pyrrole nitrogens is 1. The summed E-state index contributed by atoms with van der Waals surface area (Å²) in [7, 11) is 0. The van der Waals surface area contributed by atoms with Gasteiger partial charge in [-0.1, -0.05) is 0 Å². The number of benzene rings is 1. The number of imidazole rings is 1. The minimum Gasteiger partial charge on any atom is -0.395 e. The Bertz CT molecular complexity index is 919. The molecule has 5 nitrogen and oxygen atoms in total. The van der Waals surface area contributed by atoms with Gasteiger partial charge in [-0.05, 0) is 36.5 Å². The van der Waals surface area contributed by atoms with Gasteiger partial charge in [0.2, 0.25) is 0 Å². The molecule has 1 aromatic carbocycles. The van der Waals surface area contributed by atoms with E-state index < -0.39 is 6.29 Å². The molecule has 8 heteroatoms. The molecule has 0 fully saturated rings. The van der Waals surface area contributed by atoms with Crippen molar-refractivity contribution in [2.45, 2.75) is 6.29 Å². The second-order valence-electron chi connectivity index (χ2n) is 4.44. The van der Waals surface area contributed by atoms with Crippen LogP contribution >= 0.6 is 12.2 Å². The Kier molecular flexibility index (Phi) is 2.35. The number of fused-ring (bicyclic) bond motifs is 2. The molecule has 21 heavy (non-hydrogen) atoms. The molecule has 1 aliphatic heterocycles. The number of nitrogens with zero attached hydrogens (tertiary/aromatic N) is 2. The van der Waals surface area contributed by atoms with Gasteiger partial charge in [-0.15, -0.1) is 8.78 Å². The molecule has 0 saturated carbocycles. The molecular formula is C13H7F2N3O2S. The van der Waals surface area contributed by atoms with Gasteiger partial charge in [-0.2, -0.15) is 0 Å². The van der Waals surface area contributed by atoms with Crippen molar-refractivity contribution in [2.75, 3.05) is 0 Å². The van der Waals surface area contributed by atoms with E-state index in [-0.39, 0.29) is 11.5 Å². The van der Waals surface area contributed by atoms with Crippen LogP contribution in [0, 0.1) is 4.77 Å².